The van der Waals surface area contributed by atoms with Crippen molar-refractivity contribution < 1.29 is 14.3 Å². The highest BCUT2D eigenvalue weighted by molar-refractivity contribution is 5.94. The normalized spacial score (nSPS) is 24.9. The topological polar surface area (TPSA) is 51.7 Å². The molecule has 0 N–H and O–H groups in total. The molecule has 2 aliphatic rings. The Labute approximate surface area is 141 Å². The number of hydrogen-bond donors (Lipinski definition) is 0. The zero-order chi connectivity index (χ0) is 16.5. The number of ether oxygens (including phenoxy) is 2. The lowest BCUT2D eigenvalue weighted by molar-refractivity contribution is 0.0672. The molecule has 0 bridgehead atoms. The molecule has 2 aliphatic heterocycles. The van der Waals surface area contributed by atoms with E-state index >= 15 is 0 Å². The number of pyridine rings is 1. The summed E-state index contributed by atoms with van der Waals surface area (Å²) in [4.78, 5) is 19.1. The first-order valence-electron chi connectivity index (χ1n) is 8.21. The number of benzene rings is 1. The zero-order valence-electron chi connectivity index (χ0n) is 13.6. The summed E-state index contributed by atoms with van der Waals surface area (Å²) in [6.45, 7) is 1.92. The van der Waals surface area contributed by atoms with Crippen molar-refractivity contribution in [3.05, 3.63) is 59.9 Å². The predicted octanol–water partition coefficient (Wildman–Crippen LogP) is 2.55. The number of hydrogen-bond acceptors (Lipinski definition) is 4. The third-order valence-corrected chi connectivity index (χ3v) is 5.00. The molecule has 5 heteroatoms. The Morgan fingerprint density at radius 3 is 3.00 bits per heavy atom. The summed E-state index contributed by atoms with van der Waals surface area (Å²) in [6, 6.07) is 11.6. The second-order valence-electron chi connectivity index (χ2n) is 6.37. The molecule has 2 aromatic rings. The van der Waals surface area contributed by atoms with Crippen LogP contribution in [0.4, 0.5) is 0 Å². The molecule has 0 spiro atoms. The average Bonchev–Trinajstić information content (AvgIpc) is 3.01. The van der Waals surface area contributed by atoms with Crippen molar-refractivity contribution in [2.24, 2.45) is 11.8 Å². The number of likely N-dealkylation sites (tertiary alicyclic amines) is 1. The minimum Gasteiger partial charge on any atom is -0.493 e. The molecule has 1 aromatic carbocycles. The number of para-hydroxylation sites is 1. The fourth-order valence-electron chi connectivity index (χ4n) is 3.91. The van der Waals surface area contributed by atoms with Gasteiger partial charge in [0.05, 0.1) is 24.8 Å². The molecule has 4 rings (SSSR count). The molecule has 3 heterocycles. The third kappa shape index (κ3) is 2.45. The van der Waals surface area contributed by atoms with E-state index in [0.717, 1.165) is 11.3 Å². The Kier molecular flexibility index (Phi) is 3.94. The Morgan fingerprint density at radius 1 is 1.33 bits per heavy atom. The van der Waals surface area contributed by atoms with Gasteiger partial charge in [-0.3, -0.25) is 9.78 Å². The van der Waals surface area contributed by atoms with Gasteiger partial charge in [-0.2, -0.15) is 0 Å². The van der Waals surface area contributed by atoms with Gasteiger partial charge in [0.2, 0.25) is 0 Å². The highest BCUT2D eigenvalue weighted by Gasteiger charge is 2.48. The van der Waals surface area contributed by atoms with Crippen molar-refractivity contribution in [1.82, 2.24) is 9.88 Å². The summed E-state index contributed by atoms with van der Waals surface area (Å²) >= 11 is 0. The van der Waals surface area contributed by atoms with Gasteiger partial charge in [0, 0.05) is 43.4 Å². The second-order valence-corrected chi connectivity index (χ2v) is 6.37. The van der Waals surface area contributed by atoms with E-state index in [9.17, 15) is 4.79 Å². The van der Waals surface area contributed by atoms with Crippen molar-refractivity contribution >= 4 is 5.91 Å². The molecule has 3 atom stereocenters. The van der Waals surface area contributed by atoms with E-state index in [0.29, 0.717) is 25.3 Å². The number of amides is 1. The van der Waals surface area contributed by atoms with Crippen molar-refractivity contribution in [2.75, 3.05) is 26.9 Å². The molecule has 1 aromatic heterocycles. The molecule has 5 nitrogen and oxygen atoms in total. The smallest absolute Gasteiger partial charge is 0.255 e. The van der Waals surface area contributed by atoms with Gasteiger partial charge in [0.25, 0.3) is 5.91 Å². The van der Waals surface area contributed by atoms with Gasteiger partial charge in [-0.25, -0.2) is 0 Å². The summed E-state index contributed by atoms with van der Waals surface area (Å²) in [5.74, 6) is 1.42. The minimum atomic E-state index is 0.0217. The van der Waals surface area contributed by atoms with Crippen LogP contribution in [0.5, 0.6) is 5.75 Å². The minimum absolute atomic E-state index is 0.0217. The van der Waals surface area contributed by atoms with Crippen LogP contribution in [-0.2, 0) is 4.74 Å². The predicted molar refractivity (Wildman–Crippen MR) is 88.8 cm³/mol. The van der Waals surface area contributed by atoms with E-state index in [1.807, 2.05) is 29.2 Å². The average molecular weight is 324 g/mol. The summed E-state index contributed by atoms with van der Waals surface area (Å²) in [7, 11) is 1.71. The van der Waals surface area contributed by atoms with Crippen molar-refractivity contribution in [1.29, 1.82) is 0 Å². The number of carbonyl (C=O) groups excluding carboxylic acids is 1. The summed E-state index contributed by atoms with van der Waals surface area (Å²) < 4.78 is 11.3. The van der Waals surface area contributed by atoms with Crippen LogP contribution in [0.15, 0.2) is 48.8 Å². The quantitative estimate of drug-likeness (QED) is 0.871. The number of rotatable bonds is 3. The van der Waals surface area contributed by atoms with Crippen LogP contribution in [-0.4, -0.2) is 42.7 Å². The van der Waals surface area contributed by atoms with Crippen LogP contribution < -0.4 is 4.74 Å². The molecule has 24 heavy (non-hydrogen) atoms. The molecule has 1 fully saturated rings. The molecule has 124 valence electrons. The number of carbonyl (C=O) groups is 1. The van der Waals surface area contributed by atoms with Crippen LogP contribution in [0, 0.1) is 11.8 Å². The SMILES string of the molecule is COC[C@@H]1CN(C(=O)c2cccnc2)[C@H]2c3ccccc3OC[C@@H]12. The van der Waals surface area contributed by atoms with Gasteiger partial charge < -0.3 is 14.4 Å². The largest absolute Gasteiger partial charge is 0.493 e. The van der Waals surface area contributed by atoms with Crippen molar-refractivity contribution in [3.63, 3.8) is 0 Å². The van der Waals surface area contributed by atoms with Crippen LogP contribution >= 0.6 is 0 Å². The van der Waals surface area contributed by atoms with E-state index < -0.39 is 0 Å². The maximum atomic E-state index is 13.1. The van der Waals surface area contributed by atoms with Gasteiger partial charge in [0.1, 0.15) is 5.75 Å². The lowest BCUT2D eigenvalue weighted by atomic mass is 9.85. The fraction of sp³-hybridized carbons (Fsp3) is 0.368. The Morgan fingerprint density at radius 2 is 2.21 bits per heavy atom. The molecule has 0 aliphatic carbocycles. The summed E-state index contributed by atoms with van der Waals surface area (Å²) in [6.07, 6.45) is 3.31. The van der Waals surface area contributed by atoms with E-state index in [4.69, 9.17) is 9.47 Å². The van der Waals surface area contributed by atoms with Gasteiger partial charge in [-0.05, 0) is 18.2 Å². The van der Waals surface area contributed by atoms with Gasteiger partial charge in [-0.1, -0.05) is 18.2 Å². The number of nitrogens with zero attached hydrogens (tertiary/aromatic N) is 2. The lowest BCUT2D eigenvalue weighted by Gasteiger charge is -2.34. The highest BCUT2D eigenvalue weighted by atomic mass is 16.5. The monoisotopic (exact) mass is 324 g/mol. The van der Waals surface area contributed by atoms with E-state index in [1.165, 1.54) is 0 Å². The first-order valence-corrected chi connectivity index (χ1v) is 8.21. The Hall–Kier alpha value is -2.40. The van der Waals surface area contributed by atoms with Crippen LogP contribution in [0.2, 0.25) is 0 Å². The third-order valence-electron chi connectivity index (χ3n) is 5.00. The number of methoxy groups -OCH3 is 1. The first-order chi connectivity index (χ1) is 11.8. The molecule has 0 saturated carbocycles. The Balaban J connectivity index is 1.73. The van der Waals surface area contributed by atoms with Crippen LogP contribution in [0.1, 0.15) is 22.0 Å². The highest BCUT2D eigenvalue weighted by Crippen LogP contribution is 2.47. The molecular formula is C19H20N2O3. The molecule has 0 unspecified atom stereocenters. The number of fused-ring (bicyclic) bond motifs is 3. The maximum Gasteiger partial charge on any atom is 0.255 e. The molecule has 0 radical (unpaired) electrons. The first kappa shape index (κ1) is 15.1. The summed E-state index contributed by atoms with van der Waals surface area (Å²) in [5.41, 5.74) is 1.71. The molecular weight excluding hydrogens is 304 g/mol. The van der Waals surface area contributed by atoms with Crippen LogP contribution in [0.3, 0.4) is 0 Å². The fourth-order valence-corrected chi connectivity index (χ4v) is 3.91. The molecule has 1 saturated heterocycles. The zero-order valence-corrected chi connectivity index (χ0v) is 13.6. The van der Waals surface area contributed by atoms with Gasteiger partial charge in [-0.15, -0.1) is 0 Å². The lowest BCUT2D eigenvalue weighted by Crippen LogP contribution is -2.35. The van der Waals surface area contributed by atoms with E-state index in [2.05, 4.69) is 11.1 Å². The van der Waals surface area contributed by atoms with E-state index in [-0.39, 0.29) is 23.8 Å². The second kappa shape index (κ2) is 6.24. The molecule has 1 amide bonds. The summed E-state index contributed by atoms with van der Waals surface area (Å²) in [5, 5.41) is 0. The number of aromatic nitrogens is 1. The van der Waals surface area contributed by atoms with Gasteiger partial charge >= 0.3 is 0 Å². The maximum absolute atomic E-state index is 13.1. The van der Waals surface area contributed by atoms with Crippen molar-refractivity contribution in [2.45, 2.75) is 6.04 Å². The Bertz CT molecular complexity index is 734. The van der Waals surface area contributed by atoms with Crippen molar-refractivity contribution in [3.8, 4) is 5.75 Å². The van der Waals surface area contributed by atoms with Gasteiger partial charge in [0.15, 0.2) is 0 Å². The standard InChI is InChI=1S/C19H20N2O3/c1-23-11-14-10-21(19(22)13-5-4-8-20-9-13)18-15-6-2-3-7-17(15)24-12-16(14)18/h2-9,14,16,18H,10-12H2,1H3/t14-,16-,18-/m0/s1. The van der Waals surface area contributed by atoms with Crippen LogP contribution in [0.25, 0.3) is 0 Å². The van der Waals surface area contributed by atoms with E-state index in [1.54, 1.807) is 25.6 Å².